The van der Waals surface area contributed by atoms with E-state index in [0.29, 0.717) is 17.9 Å². The van der Waals surface area contributed by atoms with Gasteiger partial charge in [-0.25, -0.2) is 0 Å². The van der Waals surface area contributed by atoms with Gasteiger partial charge in [-0.2, -0.15) is 0 Å². The molecule has 0 N–H and O–H groups in total. The SMILES string of the molecule is Cc1ccc(CCC2COC(CCC3CC[C@@H](C)OC3)OC2)cc1. The molecule has 2 heterocycles. The predicted molar refractivity (Wildman–Crippen MR) is 96.1 cm³/mol. The molecular formula is C21H32O3. The van der Waals surface area contributed by atoms with Gasteiger partial charge in [0.2, 0.25) is 0 Å². The first kappa shape index (κ1) is 17.9. The molecule has 0 spiro atoms. The summed E-state index contributed by atoms with van der Waals surface area (Å²) in [7, 11) is 0. The van der Waals surface area contributed by atoms with E-state index in [9.17, 15) is 0 Å². The summed E-state index contributed by atoms with van der Waals surface area (Å²) >= 11 is 0. The lowest BCUT2D eigenvalue weighted by molar-refractivity contribution is -0.205. The molecule has 2 atom stereocenters. The molecule has 2 fully saturated rings. The Hall–Kier alpha value is -0.900. The Kier molecular flexibility index (Phi) is 6.70. The van der Waals surface area contributed by atoms with E-state index in [1.54, 1.807) is 0 Å². The second-order valence-electron chi connectivity index (χ2n) is 7.65. The van der Waals surface area contributed by atoms with Gasteiger partial charge in [-0.3, -0.25) is 0 Å². The molecule has 2 aliphatic rings. The van der Waals surface area contributed by atoms with Gasteiger partial charge >= 0.3 is 0 Å². The highest BCUT2D eigenvalue weighted by Crippen LogP contribution is 2.26. The second kappa shape index (κ2) is 8.98. The summed E-state index contributed by atoms with van der Waals surface area (Å²) in [5, 5.41) is 0. The van der Waals surface area contributed by atoms with Crippen LogP contribution >= 0.6 is 0 Å². The summed E-state index contributed by atoms with van der Waals surface area (Å²) < 4.78 is 17.6. The molecule has 0 saturated carbocycles. The molecule has 3 heteroatoms. The zero-order valence-electron chi connectivity index (χ0n) is 15.2. The van der Waals surface area contributed by atoms with E-state index in [2.05, 4.69) is 38.1 Å². The van der Waals surface area contributed by atoms with Crippen molar-refractivity contribution < 1.29 is 14.2 Å². The molecule has 2 aliphatic heterocycles. The van der Waals surface area contributed by atoms with Crippen molar-refractivity contribution >= 4 is 0 Å². The highest BCUT2D eigenvalue weighted by atomic mass is 16.7. The van der Waals surface area contributed by atoms with Gasteiger partial charge in [0.1, 0.15) is 0 Å². The summed E-state index contributed by atoms with van der Waals surface area (Å²) in [5.74, 6) is 1.22. The van der Waals surface area contributed by atoms with E-state index in [1.807, 2.05) is 0 Å². The van der Waals surface area contributed by atoms with Gasteiger partial charge in [0.25, 0.3) is 0 Å². The molecule has 24 heavy (non-hydrogen) atoms. The third kappa shape index (κ3) is 5.58. The van der Waals surface area contributed by atoms with Crippen LogP contribution in [0.3, 0.4) is 0 Å². The van der Waals surface area contributed by atoms with Crippen LogP contribution < -0.4 is 0 Å². The second-order valence-corrected chi connectivity index (χ2v) is 7.65. The first-order valence-corrected chi connectivity index (χ1v) is 9.59. The van der Waals surface area contributed by atoms with E-state index in [0.717, 1.165) is 45.5 Å². The predicted octanol–water partition coefficient (Wildman–Crippen LogP) is 4.51. The van der Waals surface area contributed by atoms with Gasteiger partial charge in [-0.1, -0.05) is 29.8 Å². The van der Waals surface area contributed by atoms with Crippen LogP contribution in [0.25, 0.3) is 0 Å². The van der Waals surface area contributed by atoms with Crippen LogP contribution in [-0.2, 0) is 20.6 Å². The highest BCUT2D eigenvalue weighted by Gasteiger charge is 2.24. The molecule has 1 unspecified atom stereocenters. The van der Waals surface area contributed by atoms with Gasteiger partial charge in [0.15, 0.2) is 6.29 Å². The minimum absolute atomic E-state index is 0.0000233. The number of hydrogen-bond donors (Lipinski definition) is 0. The molecular weight excluding hydrogens is 300 g/mol. The third-order valence-electron chi connectivity index (χ3n) is 5.41. The molecule has 1 aromatic carbocycles. The van der Waals surface area contributed by atoms with Gasteiger partial charge < -0.3 is 14.2 Å². The maximum absolute atomic E-state index is 5.95. The number of rotatable bonds is 6. The molecule has 3 nitrogen and oxygen atoms in total. The average Bonchev–Trinajstić information content (AvgIpc) is 2.62. The molecule has 134 valence electrons. The molecule has 3 rings (SSSR count). The van der Waals surface area contributed by atoms with Crippen LogP contribution in [0.5, 0.6) is 0 Å². The smallest absolute Gasteiger partial charge is 0.157 e. The number of aryl methyl sites for hydroxylation is 2. The fraction of sp³-hybridized carbons (Fsp3) is 0.714. The van der Waals surface area contributed by atoms with Crippen molar-refractivity contribution in [3.63, 3.8) is 0 Å². The zero-order valence-corrected chi connectivity index (χ0v) is 15.2. The fourth-order valence-electron chi connectivity index (χ4n) is 3.58. The first-order valence-electron chi connectivity index (χ1n) is 9.59. The summed E-state index contributed by atoms with van der Waals surface area (Å²) in [6.45, 7) is 6.89. The van der Waals surface area contributed by atoms with Gasteiger partial charge in [-0.15, -0.1) is 0 Å². The summed E-state index contributed by atoms with van der Waals surface area (Å²) in [4.78, 5) is 0. The standard InChI is InChI=1S/C21H32O3/c1-16-3-6-18(7-4-16)9-10-20-14-23-21(24-15-20)12-11-19-8-5-17(2)22-13-19/h3-4,6-7,17,19-21H,5,8-15H2,1-2H3/t17-,19?,20?,21?/m1/s1. The van der Waals surface area contributed by atoms with Crippen molar-refractivity contribution in [1.29, 1.82) is 0 Å². The summed E-state index contributed by atoms with van der Waals surface area (Å²) in [6.07, 6.45) is 7.34. The largest absolute Gasteiger partial charge is 0.378 e. The minimum atomic E-state index is -0.0000233. The highest BCUT2D eigenvalue weighted by molar-refractivity contribution is 5.21. The van der Waals surface area contributed by atoms with E-state index in [1.165, 1.54) is 24.0 Å². The Morgan fingerprint density at radius 3 is 2.21 bits per heavy atom. The maximum atomic E-state index is 5.95. The van der Waals surface area contributed by atoms with E-state index < -0.39 is 0 Å². The fourth-order valence-corrected chi connectivity index (χ4v) is 3.58. The minimum Gasteiger partial charge on any atom is -0.378 e. The van der Waals surface area contributed by atoms with E-state index >= 15 is 0 Å². The van der Waals surface area contributed by atoms with Crippen molar-refractivity contribution in [1.82, 2.24) is 0 Å². The lowest BCUT2D eigenvalue weighted by atomic mass is 9.94. The quantitative estimate of drug-likeness (QED) is 0.767. The van der Waals surface area contributed by atoms with Crippen LogP contribution in [0.1, 0.15) is 50.2 Å². The third-order valence-corrected chi connectivity index (χ3v) is 5.41. The van der Waals surface area contributed by atoms with Crippen LogP contribution in [0.15, 0.2) is 24.3 Å². The van der Waals surface area contributed by atoms with Crippen LogP contribution in [0.2, 0.25) is 0 Å². The van der Waals surface area contributed by atoms with Crippen molar-refractivity contribution in [2.24, 2.45) is 11.8 Å². The zero-order chi connectivity index (χ0) is 16.8. The van der Waals surface area contributed by atoms with Gasteiger partial charge in [0.05, 0.1) is 19.3 Å². The monoisotopic (exact) mass is 332 g/mol. The Labute approximate surface area is 146 Å². The average molecular weight is 332 g/mol. The van der Waals surface area contributed by atoms with Crippen LogP contribution in [0.4, 0.5) is 0 Å². The Bertz CT molecular complexity index is 468. The van der Waals surface area contributed by atoms with Crippen molar-refractivity contribution in [2.45, 2.75) is 64.8 Å². The number of benzene rings is 1. The van der Waals surface area contributed by atoms with Crippen LogP contribution in [-0.4, -0.2) is 32.2 Å². The topological polar surface area (TPSA) is 27.7 Å². The lowest BCUT2D eigenvalue weighted by Gasteiger charge is -2.32. The number of ether oxygens (including phenoxy) is 3. The normalized spacial score (nSPS) is 31.1. The Morgan fingerprint density at radius 2 is 1.54 bits per heavy atom. The van der Waals surface area contributed by atoms with E-state index in [4.69, 9.17) is 14.2 Å². The molecule has 0 amide bonds. The van der Waals surface area contributed by atoms with E-state index in [-0.39, 0.29) is 6.29 Å². The molecule has 1 aromatic rings. The van der Waals surface area contributed by atoms with Crippen molar-refractivity contribution in [3.05, 3.63) is 35.4 Å². The Morgan fingerprint density at radius 1 is 0.833 bits per heavy atom. The molecule has 2 saturated heterocycles. The summed E-state index contributed by atoms with van der Waals surface area (Å²) in [5.41, 5.74) is 2.73. The Balaban J connectivity index is 1.30. The van der Waals surface area contributed by atoms with Crippen molar-refractivity contribution in [2.75, 3.05) is 19.8 Å². The first-order chi connectivity index (χ1) is 11.7. The van der Waals surface area contributed by atoms with Gasteiger partial charge in [-0.05, 0) is 63.9 Å². The molecule has 0 bridgehead atoms. The number of hydrogen-bond acceptors (Lipinski definition) is 3. The van der Waals surface area contributed by atoms with Gasteiger partial charge in [0, 0.05) is 12.5 Å². The maximum Gasteiger partial charge on any atom is 0.157 e. The summed E-state index contributed by atoms with van der Waals surface area (Å²) in [6, 6.07) is 8.84. The molecule has 0 aliphatic carbocycles. The van der Waals surface area contributed by atoms with Crippen LogP contribution in [0, 0.1) is 18.8 Å². The van der Waals surface area contributed by atoms with Crippen molar-refractivity contribution in [3.8, 4) is 0 Å². The lowest BCUT2D eigenvalue weighted by Crippen LogP contribution is -2.33. The molecule has 0 radical (unpaired) electrons. The molecule has 0 aromatic heterocycles.